The van der Waals surface area contributed by atoms with Crippen molar-refractivity contribution in [3.8, 4) is 6.07 Å². The first-order chi connectivity index (χ1) is 8.10. The van der Waals surface area contributed by atoms with Crippen molar-refractivity contribution in [3.63, 3.8) is 0 Å². The highest BCUT2D eigenvalue weighted by Gasteiger charge is 2.22. The molecule has 1 unspecified atom stereocenters. The Morgan fingerprint density at radius 2 is 2.29 bits per heavy atom. The van der Waals surface area contributed by atoms with Gasteiger partial charge >= 0.3 is 0 Å². The standard InChI is InChI=1S/C12H20N2O2S/c1-2-12(10-13)17(15,16)14-9-8-11-6-4-3-5-7-11/h6,12,14H,2-5,7-9H2,1H3. The average Bonchev–Trinajstić information content (AvgIpc) is 2.31. The molecule has 0 amide bonds. The molecule has 1 aliphatic rings. The molecule has 0 aromatic carbocycles. The summed E-state index contributed by atoms with van der Waals surface area (Å²) in [6, 6.07) is 1.82. The molecule has 96 valence electrons. The molecule has 0 spiro atoms. The normalized spacial score (nSPS) is 18.2. The molecule has 0 saturated heterocycles. The highest BCUT2D eigenvalue weighted by atomic mass is 32.2. The van der Waals surface area contributed by atoms with Gasteiger partial charge in [0.05, 0.1) is 6.07 Å². The Morgan fingerprint density at radius 1 is 1.53 bits per heavy atom. The molecule has 1 N–H and O–H groups in total. The summed E-state index contributed by atoms with van der Waals surface area (Å²) >= 11 is 0. The molecule has 0 aromatic heterocycles. The molecule has 0 aliphatic heterocycles. The van der Waals surface area contributed by atoms with Crippen LogP contribution in [0.1, 0.15) is 45.4 Å². The van der Waals surface area contributed by atoms with Crippen LogP contribution in [0.15, 0.2) is 11.6 Å². The molecule has 1 rings (SSSR count). The van der Waals surface area contributed by atoms with Crippen molar-refractivity contribution in [1.29, 1.82) is 5.26 Å². The first-order valence-electron chi connectivity index (χ1n) is 6.16. The Labute approximate surface area is 104 Å². The molecule has 0 radical (unpaired) electrons. The maximum atomic E-state index is 11.7. The van der Waals surface area contributed by atoms with Crippen LogP contribution in [0.5, 0.6) is 0 Å². The molecule has 0 aromatic rings. The molecule has 0 saturated carbocycles. The van der Waals surface area contributed by atoms with Gasteiger partial charge in [0.2, 0.25) is 10.0 Å². The van der Waals surface area contributed by atoms with Gasteiger partial charge in [0.25, 0.3) is 0 Å². The zero-order valence-corrected chi connectivity index (χ0v) is 11.1. The summed E-state index contributed by atoms with van der Waals surface area (Å²) in [6.07, 6.45) is 7.93. The van der Waals surface area contributed by atoms with Gasteiger partial charge in [0, 0.05) is 6.54 Å². The van der Waals surface area contributed by atoms with Gasteiger partial charge in [-0.15, -0.1) is 0 Å². The Morgan fingerprint density at radius 3 is 2.82 bits per heavy atom. The third kappa shape index (κ3) is 4.49. The van der Waals surface area contributed by atoms with E-state index in [9.17, 15) is 8.42 Å². The van der Waals surface area contributed by atoms with Crippen LogP contribution in [0.25, 0.3) is 0 Å². The largest absolute Gasteiger partial charge is 0.227 e. The summed E-state index contributed by atoms with van der Waals surface area (Å²) < 4.78 is 25.9. The van der Waals surface area contributed by atoms with Gasteiger partial charge in [-0.1, -0.05) is 18.6 Å². The number of nitrogens with one attached hydrogen (secondary N) is 1. The topological polar surface area (TPSA) is 70.0 Å². The lowest BCUT2D eigenvalue weighted by Gasteiger charge is -2.14. The lowest BCUT2D eigenvalue weighted by Crippen LogP contribution is -2.33. The lowest BCUT2D eigenvalue weighted by molar-refractivity contribution is 0.570. The number of sulfonamides is 1. The van der Waals surface area contributed by atoms with Gasteiger partial charge in [0.15, 0.2) is 5.25 Å². The molecule has 5 heteroatoms. The monoisotopic (exact) mass is 256 g/mol. The quantitative estimate of drug-likeness (QED) is 0.740. The first kappa shape index (κ1) is 14.2. The SMILES string of the molecule is CCC(C#N)S(=O)(=O)NCCC1=CCCCC1. The van der Waals surface area contributed by atoms with E-state index in [0.29, 0.717) is 13.0 Å². The summed E-state index contributed by atoms with van der Waals surface area (Å²) in [6.45, 7) is 2.11. The van der Waals surface area contributed by atoms with E-state index < -0.39 is 15.3 Å². The third-order valence-corrected chi connectivity index (χ3v) is 4.82. The molecule has 17 heavy (non-hydrogen) atoms. The van der Waals surface area contributed by atoms with E-state index in [4.69, 9.17) is 5.26 Å². The molecule has 4 nitrogen and oxygen atoms in total. The van der Waals surface area contributed by atoms with Gasteiger partial charge in [0.1, 0.15) is 0 Å². The minimum Gasteiger partial charge on any atom is -0.214 e. The Hall–Kier alpha value is -0.860. The predicted molar refractivity (Wildman–Crippen MR) is 67.8 cm³/mol. The van der Waals surface area contributed by atoms with Gasteiger partial charge < -0.3 is 0 Å². The summed E-state index contributed by atoms with van der Waals surface area (Å²) in [7, 11) is -3.46. The molecule has 0 bridgehead atoms. The van der Waals surface area contributed by atoms with Crippen LogP contribution in [0.2, 0.25) is 0 Å². The van der Waals surface area contributed by atoms with Crippen molar-refractivity contribution in [3.05, 3.63) is 11.6 Å². The lowest BCUT2D eigenvalue weighted by atomic mass is 9.97. The van der Waals surface area contributed by atoms with E-state index in [2.05, 4.69) is 10.8 Å². The number of hydrogen-bond donors (Lipinski definition) is 1. The number of hydrogen-bond acceptors (Lipinski definition) is 3. The van der Waals surface area contributed by atoms with Crippen LogP contribution in [-0.4, -0.2) is 20.2 Å². The maximum absolute atomic E-state index is 11.7. The highest BCUT2D eigenvalue weighted by molar-refractivity contribution is 7.90. The van der Waals surface area contributed by atoms with Crippen molar-refractivity contribution in [2.75, 3.05) is 6.54 Å². The average molecular weight is 256 g/mol. The zero-order chi connectivity index (χ0) is 12.7. The number of allylic oxidation sites excluding steroid dienone is 1. The van der Waals surface area contributed by atoms with Crippen LogP contribution in [0, 0.1) is 11.3 Å². The maximum Gasteiger partial charge on any atom is 0.227 e. The minimum absolute atomic E-state index is 0.328. The fourth-order valence-corrected chi connectivity index (χ4v) is 3.13. The molecular formula is C12H20N2O2S. The van der Waals surface area contributed by atoms with Crippen LogP contribution >= 0.6 is 0 Å². The van der Waals surface area contributed by atoms with Crippen molar-refractivity contribution < 1.29 is 8.42 Å². The summed E-state index contributed by atoms with van der Waals surface area (Å²) in [5.74, 6) is 0. The first-order valence-corrected chi connectivity index (χ1v) is 7.70. The Kier molecular flexibility index (Phi) is 5.66. The van der Waals surface area contributed by atoms with Crippen LogP contribution in [0.4, 0.5) is 0 Å². The van der Waals surface area contributed by atoms with Crippen molar-refractivity contribution in [2.45, 2.75) is 50.7 Å². The van der Waals surface area contributed by atoms with E-state index in [1.165, 1.54) is 18.4 Å². The molecule has 1 atom stereocenters. The summed E-state index contributed by atoms with van der Waals surface area (Å²) in [5, 5.41) is 7.80. The highest BCUT2D eigenvalue weighted by Crippen LogP contribution is 2.19. The number of nitrogens with zero attached hydrogens (tertiary/aromatic N) is 1. The van der Waals surface area contributed by atoms with Gasteiger partial charge in [-0.05, 0) is 38.5 Å². The van der Waals surface area contributed by atoms with Crippen LogP contribution in [-0.2, 0) is 10.0 Å². The van der Waals surface area contributed by atoms with E-state index in [0.717, 1.165) is 19.3 Å². The number of nitriles is 1. The molecular weight excluding hydrogens is 236 g/mol. The number of rotatable bonds is 6. The third-order valence-electron chi connectivity index (χ3n) is 3.02. The van der Waals surface area contributed by atoms with E-state index >= 15 is 0 Å². The van der Waals surface area contributed by atoms with E-state index in [1.54, 1.807) is 6.92 Å². The second-order valence-corrected chi connectivity index (χ2v) is 6.27. The molecule has 0 heterocycles. The van der Waals surface area contributed by atoms with E-state index in [1.807, 2.05) is 6.07 Å². The van der Waals surface area contributed by atoms with Crippen molar-refractivity contribution >= 4 is 10.0 Å². The Bertz CT molecular complexity index is 407. The van der Waals surface area contributed by atoms with Crippen molar-refractivity contribution in [2.24, 2.45) is 0 Å². The van der Waals surface area contributed by atoms with Gasteiger partial charge in [-0.2, -0.15) is 5.26 Å². The molecule has 0 fully saturated rings. The Balaban J connectivity index is 2.40. The van der Waals surface area contributed by atoms with Crippen LogP contribution < -0.4 is 4.72 Å². The van der Waals surface area contributed by atoms with Crippen LogP contribution in [0.3, 0.4) is 0 Å². The summed E-state index contributed by atoms with van der Waals surface area (Å²) in [5.41, 5.74) is 1.34. The van der Waals surface area contributed by atoms with Gasteiger partial charge in [-0.25, -0.2) is 13.1 Å². The smallest absolute Gasteiger partial charge is 0.214 e. The van der Waals surface area contributed by atoms with Crippen molar-refractivity contribution in [1.82, 2.24) is 4.72 Å². The fourth-order valence-electron chi connectivity index (χ4n) is 1.97. The fraction of sp³-hybridized carbons (Fsp3) is 0.750. The second kappa shape index (κ2) is 6.77. The second-order valence-electron chi connectivity index (χ2n) is 4.32. The van der Waals surface area contributed by atoms with Gasteiger partial charge in [-0.3, -0.25) is 0 Å². The molecule has 1 aliphatic carbocycles. The predicted octanol–water partition coefficient (Wildman–Crippen LogP) is 2.10. The summed E-state index contributed by atoms with van der Waals surface area (Å²) in [4.78, 5) is 0. The van der Waals surface area contributed by atoms with E-state index in [-0.39, 0.29) is 0 Å². The zero-order valence-electron chi connectivity index (χ0n) is 10.3. The minimum atomic E-state index is -3.46.